The van der Waals surface area contributed by atoms with Crippen molar-refractivity contribution in [1.29, 1.82) is 0 Å². The zero-order chi connectivity index (χ0) is 16.8. The molecule has 2 atom stereocenters. The summed E-state index contributed by atoms with van der Waals surface area (Å²) in [4.78, 5) is 16.8. The van der Waals surface area contributed by atoms with Crippen LogP contribution < -0.4 is 10.6 Å². The topological polar surface area (TPSA) is 47.6 Å². The van der Waals surface area contributed by atoms with E-state index in [9.17, 15) is 4.79 Å². The summed E-state index contributed by atoms with van der Waals surface area (Å²) >= 11 is 6.04. The highest BCUT2D eigenvalue weighted by Gasteiger charge is 2.22. The van der Waals surface area contributed by atoms with Crippen molar-refractivity contribution in [2.24, 2.45) is 0 Å². The molecule has 1 saturated heterocycles. The van der Waals surface area contributed by atoms with Crippen LogP contribution in [0.3, 0.4) is 0 Å². The van der Waals surface area contributed by atoms with E-state index in [2.05, 4.69) is 41.5 Å². The molecule has 2 rings (SSSR count). The molecule has 0 unspecified atom stereocenters. The van der Waals surface area contributed by atoms with Crippen LogP contribution >= 0.6 is 11.6 Å². The molecule has 0 saturated carbocycles. The zero-order valence-electron chi connectivity index (χ0n) is 14.2. The summed E-state index contributed by atoms with van der Waals surface area (Å²) in [6.07, 6.45) is 0.819. The summed E-state index contributed by atoms with van der Waals surface area (Å²) in [6.45, 7) is 5.78. The Morgan fingerprint density at radius 1 is 1.39 bits per heavy atom. The van der Waals surface area contributed by atoms with Gasteiger partial charge in [-0.2, -0.15) is 0 Å². The van der Waals surface area contributed by atoms with Gasteiger partial charge in [0, 0.05) is 37.2 Å². The van der Waals surface area contributed by atoms with E-state index >= 15 is 0 Å². The average Bonchev–Trinajstić information content (AvgIpc) is 2.53. The molecule has 1 aromatic carbocycles. The maximum Gasteiger partial charge on any atom is 0.315 e. The largest absolute Gasteiger partial charge is 0.337 e. The standard InChI is InChI=1S/C17H27ClN4O/c1-4-16(13-6-5-7-14(18)10-13)20-17(23)19-11-15-12-21(2)8-9-22(15)3/h5-7,10,15-16H,4,8-9,11-12H2,1-3H3,(H2,19,20,23)/t15-,16+/m1/s1. The van der Waals surface area contributed by atoms with Crippen LogP contribution in [0.2, 0.25) is 5.02 Å². The number of carbonyl (C=O) groups is 1. The van der Waals surface area contributed by atoms with Gasteiger partial charge in [-0.05, 0) is 38.2 Å². The predicted octanol–water partition coefficient (Wildman–Crippen LogP) is 2.34. The van der Waals surface area contributed by atoms with E-state index < -0.39 is 0 Å². The smallest absolute Gasteiger partial charge is 0.315 e. The van der Waals surface area contributed by atoms with Crippen molar-refractivity contribution >= 4 is 17.6 Å². The van der Waals surface area contributed by atoms with E-state index in [1.807, 2.05) is 24.3 Å². The quantitative estimate of drug-likeness (QED) is 0.866. The van der Waals surface area contributed by atoms with Crippen LogP contribution in [0.25, 0.3) is 0 Å². The van der Waals surface area contributed by atoms with E-state index in [0.29, 0.717) is 17.6 Å². The fourth-order valence-corrected chi connectivity index (χ4v) is 3.08. The van der Waals surface area contributed by atoms with Crippen LogP contribution in [0.15, 0.2) is 24.3 Å². The van der Waals surface area contributed by atoms with E-state index in [1.165, 1.54) is 0 Å². The number of hydrogen-bond donors (Lipinski definition) is 2. The third kappa shape index (κ3) is 5.37. The molecule has 0 aromatic heterocycles. The third-order valence-corrected chi connectivity index (χ3v) is 4.68. The van der Waals surface area contributed by atoms with Crippen molar-refractivity contribution in [2.75, 3.05) is 40.3 Å². The van der Waals surface area contributed by atoms with Gasteiger partial charge in [-0.1, -0.05) is 30.7 Å². The van der Waals surface area contributed by atoms with Crippen LogP contribution in [0, 0.1) is 0 Å². The maximum absolute atomic E-state index is 12.2. The van der Waals surface area contributed by atoms with Crippen molar-refractivity contribution in [3.63, 3.8) is 0 Å². The van der Waals surface area contributed by atoms with Crippen LogP contribution in [0.1, 0.15) is 24.9 Å². The SMILES string of the molecule is CC[C@H](NC(=O)NC[C@@H]1CN(C)CCN1C)c1cccc(Cl)c1. The Labute approximate surface area is 144 Å². The minimum atomic E-state index is -0.126. The molecule has 1 fully saturated rings. The molecular formula is C17H27ClN4O. The Morgan fingerprint density at radius 3 is 2.87 bits per heavy atom. The summed E-state index contributed by atoms with van der Waals surface area (Å²) in [5.41, 5.74) is 1.03. The van der Waals surface area contributed by atoms with Gasteiger partial charge in [0.25, 0.3) is 0 Å². The lowest BCUT2D eigenvalue weighted by atomic mass is 10.1. The number of likely N-dealkylation sites (N-methyl/N-ethyl adjacent to an activating group) is 2. The molecule has 2 N–H and O–H groups in total. The number of benzene rings is 1. The fourth-order valence-electron chi connectivity index (χ4n) is 2.89. The molecule has 6 heteroatoms. The molecular weight excluding hydrogens is 312 g/mol. The zero-order valence-corrected chi connectivity index (χ0v) is 14.9. The highest BCUT2D eigenvalue weighted by Crippen LogP contribution is 2.20. The van der Waals surface area contributed by atoms with Crippen LogP contribution in [0.4, 0.5) is 4.79 Å². The summed E-state index contributed by atoms with van der Waals surface area (Å²) in [5, 5.41) is 6.73. The van der Waals surface area contributed by atoms with Crippen molar-refractivity contribution in [2.45, 2.75) is 25.4 Å². The summed E-state index contributed by atoms with van der Waals surface area (Å²) < 4.78 is 0. The molecule has 23 heavy (non-hydrogen) atoms. The normalized spacial score (nSPS) is 21.0. The number of amides is 2. The Hall–Kier alpha value is -1.30. The van der Waals surface area contributed by atoms with Gasteiger partial charge in [-0.25, -0.2) is 4.79 Å². The fraction of sp³-hybridized carbons (Fsp3) is 0.588. The minimum Gasteiger partial charge on any atom is -0.337 e. The van der Waals surface area contributed by atoms with Gasteiger partial charge in [0.05, 0.1) is 6.04 Å². The summed E-state index contributed by atoms with van der Waals surface area (Å²) in [5.74, 6) is 0. The Kier molecular flexibility index (Phi) is 6.69. The van der Waals surface area contributed by atoms with Crippen LogP contribution in [-0.2, 0) is 0 Å². The van der Waals surface area contributed by atoms with Crippen LogP contribution in [0.5, 0.6) is 0 Å². The maximum atomic E-state index is 12.2. The summed E-state index contributed by atoms with van der Waals surface area (Å²) in [6, 6.07) is 7.84. The molecule has 1 aliphatic heterocycles. The molecule has 1 aromatic rings. The highest BCUT2D eigenvalue weighted by molar-refractivity contribution is 6.30. The number of hydrogen-bond acceptors (Lipinski definition) is 3. The second-order valence-electron chi connectivity index (χ2n) is 6.27. The van der Waals surface area contributed by atoms with Gasteiger partial charge in [0.15, 0.2) is 0 Å². The molecule has 1 aliphatic rings. The lowest BCUT2D eigenvalue weighted by molar-refractivity contribution is 0.114. The monoisotopic (exact) mass is 338 g/mol. The van der Waals surface area contributed by atoms with Gasteiger partial charge < -0.3 is 15.5 Å². The average molecular weight is 339 g/mol. The van der Waals surface area contributed by atoms with Gasteiger partial charge >= 0.3 is 6.03 Å². The van der Waals surface area contributed by atoms with Crippen molar-refractivity contribution in [3.8, 4) is 0 Å². The minimum absolute atomic E-state index is 0.0274. The number of halogens is 1. The van der Waals surface area contributed by atoms with E-state index in [-0.39, 0.29) is 12.1 Å². The van der Waals surface area contributed by atoms with Crippen molar-refractivity contribution in [3.05, 3.63) is 34.9 Å². The molecule has 0 spiro atoms. The first-order valence-corrected chi connectivity index (χ1v) is 8.56. The molecule has 1 heterocycles. The first-order chi connectivity index (χ1) is 11.0. The molecule has 0 radical (unpaired) electrons. The van der Waals surface area contributed by atoms with Crippen molar-refractivity contribution in [1.82, 2.24) is 20.4 Å². The second-order valence-corrected chi connectivity index (χ2v) is 6.70. The van der Waals surface area contributed by atoms with Crippen molar-refractivity contribution < 1.29 is 4.79 Å². The van der Waals surface area contributed by atoms with Gasteiger partial charge in [0.1, 0.15) is 0 Å². The van der Waals surface area contributed by atoms with Gasteiger partial charge in [-0.15, -0.1) is 0 Å². The molecule has 0 aliphatic carbocycles. The Morgan fingerprint density at radius 2 is 2.17 bits per heavy atom. The van der Waals surface area contributed by atoms with Gasteiger partial charge in [0.2, 0.25) is 0 Å². The van der Waals surface area contributed by atoms with E-state index in [1.54, 1.807) is 0 Å². The highest BCUT2D eigenvalue weighted by atomic mass is 35.5. The molecule has 2 amide bonds. The lowest BCUT2D eigenvalue weighted by Gasteiger charge is -2.37. The second kappa shape index (κ2) is 8.52. The molecule has 5 nitrogen and oxygen atoms in total. The number of urea groups is 1. The molecule has 128 valence electrons. The van der Waals surface area contributed by atoms with E-state index in [0.717, 1.165) is 31.6 Å². The Balaban J connectivity index is 1.85. The number of piperazine rings is 1. The Bertz CT molecular complexity index is 525. The number of nitrogens with one attached hydrogen (secondary N) is 2. The van der Waals surface area contributed by atoms with E-state index in [4.69, 9.17) is 11.6 Å². The first kappa shape index (κ1) is 18.0. The number of nitrogens with zero attached hydrogens (tertiary/aromatic N) is 2. The van der Waals surface area contributed by atoms with Crippen LogP contribution in [-0.4, -0.2) is 62.1 Å². The number of carbonyl (C=O) groups excluding carboxylic acids is 1. The predicted molar refractivity (Wildman–Crippen MR) is 94.9 cm³/mol. The first-order valence-electron chi connectivity index (χ1n) is 8.18. The number of rotatable bonds is 5. The lowest BCUT2D eigenvalue weighted by Crippen LogP contribution is -2.55. The van der Waals surface area contributed by atoms with Gasteiger partial charge in [-0.3, -0.25) is 4.90 Å². The summed E-state index contributed by atoms with van der Waals surface area (Å²) in [7, 11) is 4.23. The third-order valence-electron chi connectivity index (χ3n) is 4.44. The molecule has 0 bridgehead atoms.